The number of benzene rings is 1. The lowest BCUT2D eigenvalue weighted by Crippen LogP contribution is -2.33. The van der Waals surface area contributed by atoms with Gasteiger partial charge in [-0.2, -0.15) is 5.26 Å². The van der Waals surface area contributed by atoms with Crippen LogP contribution in [-0.4, -0.2) is 36.1 Å². The Bertz CT molecular complexity index is 743. The van der Waals surface area contributed by atoms with Gasteiger partial charge < -0.3 is 14.6 Å². The molecule has 1 aromatic heterocycles. The predicted octanol–water partition coefficient (Wildman–Crippen LogP) is 3.72. The van der Waals surface area contributed by atoms with Crippen LogP contribution in [0.25, 0.3) is 0 Å². The monoisotopic (exact) mass is 336 g/mol. The van der Waals surface area contributed by atoms with Gasteiger partial charge in [0, 0.05) is 19.0 Å². The molecular weight excluding hydrogens is 312 g/mol. The minimum absolute atomic E-state index is 0.298. The van der Waals surface area contributed by atoms with E-state index in [1.807, 2.05) is 6.07 Å². The minimum atomic E-state index is 0.298. The Kier molecular flexibility index (Phi) is 4.71. The fourth-order valence-electron chi connectivity index (χ4n) is 3.74. The second kappa shape index (κ2) is 7.28. The van der Waals surface area contributed by atoms with Crippen LogP contribution in [0.5, 0.6) is 0 Å². The van der Waals surface area contributed by atoms with Crippen LogP contribution in [0.3, 0.4) is 0 Å². The second-order valence-electron chi connectivity index (χ2n) is 7.03. The van der Waals surface area contributed by atoms with Gasteiger partial charge in [0.1, 0.15) is 6.07 Å². The van der Waals surface area contributed by atoms with Gasteiger partial charge in [-0.3, -0.25) is 0 Å². The lowest BCUT2D eigenvalue weighted by molar-refractivity contribution is 0.236. The number of oxazole rings is 1. The van der Waals surface area contributed by atoms with Crippen molar-refractivity contribution in [3.63, 3.8) is 0 Å². The summed E-state index contributed by atoms with van der Waals surface area (Å²) in [5.74, 6) is 2.00. The maximum atomic E-state index is 9.34. The molecule has 2 aliphatic rings. The van der Waals surface area contributed by atoms with E-state index in [0.717, 1.165) is 19.5 Å². The van der Waals surface area contributed by atoms with Gasteiger partial charge >= 0.3 is 0 Å². The van der Waals surface area contributed by atoms with Crippen molar-refractivity contribution >= 4 is 5.88 Å². The summed E-state index contributed by atoms with van der Waals surface area (Å²) in [6, 6.07) is 12.6. The number of likely N-dealkylation sites (tertiary alicyclic amines) is 1. The van der Waals surface area contributed by atoms with Crippen molar-refractivity contribution in [1.82, 2.24) is 9.88 Å². The fraction of sp³-hybridized carbons (Fsp3) is 0.500. The van der Waals surface area contributed by atoms with Crippen molar-refractivity contribution in [2.45, 2.75) is 37.5 Å². The Morgan fingerprint density at radius 3 is 2.72 bits per heavy atom. The minimum Gasteiger partial charge on any atom is -0.424 e. The first-order valence-electron chi connectivity index (χ1n) is 9.27. The molecule has 2 aromatic rings. The third-order valence-corrected chi connectivity index (χ3v) is 5.25. The number of nitrogens with zero attached hydrogens (tertiary/aromatic N) is 3. The highest BCUT2D eigenvalue weighted by Crippen LogP contribution is 2.54. The highest BCUT2D eigenvalue weighted by molar-refractivity contribution is 5.46. The van der Waals surface area contributed by atoms with E-state index in [1.54, 1.807) is 0 Å². The Morgan fingerprint density at radius 1 is 1.16 bits per heavy atom. The zero-order valence-corrected chi connectivity index (χ0v) is 14.4. The largest absolute Gasteiger partial charge is 0.424 e. The molecule has 2 atom stereocenters. The number of hydrogen-bond donors (Lipinski definition) is 1. The second-order valence-corrected chi connectivity index (χ2v) is 7.03. The summed E-state index contributed by atoms with van der Waals surface area (Å²) in [6.45, 7) is 4.12. The highest BCUT2D eigenvalue weighted by Gasteiger charge is 2.43. The number of rotatable bonds is 6. The van der Waals surface area contributed by atoms with Gasteiger partial charge in [-0.15, -0.1) is 0 Å². The van der Waals surface area contributed by atoms with Gasteiger partial charge in [0.05, 0.1) is 0 Å². The topological polar surface area (TPSA) is 65.1 Å². The van der Waals surface area contributed by atoms with E-state index in [1.165, 1.54) is 37.9 Å². The molecule has 0 spiro atoms. The normalized spacial score (nSPS) is 23.2. The van der Waals surface area contributed by atoms with E-state index in [0.29, 0.717) is 29.3 Å². The van der Waals surface area contributed by atoms with E-state index in [2.05, 4.69) is 45.5 Å². The van der Waals surface area contributed by atoms with Crippen LogP contribution in [0.1, 0.15) is 54.7 Å². The number of anilines is 1. The molecule has 4 rings (SSSR count). The first-order chi connectivity index (χ1) is 12.3. The average Bonchev–Trinajstić information content (AvgIpc) is 3.37. The summed E-state index contributed by atoms with van der Waals surface area (Å²) in [6.07, 6.45) is 4.97. The molecule has 5 heteroatoms. The van der Waals surface area contributed by atoms with Crippen molar-refractivity contribution < 1.29 is 4.42 Å². The SMILES string of the molecule is N#Cc1nc([C@H]2C[C@@H]2c2ccccc2)oc1NCCN1CCCCC1. The molecule has 1 aliphatic carbocycles. The van der Waals surface area contributed by atoms with Crippen LogP contribution in [0, 0.1) is 11.3 Å². The molecular formula is C20H24N4O. The molecule has 1 saturated carbocycles. The van der Waals surface area contributed by atoms with E-state index in [9.17, 15) is 5.26 Å². The maximum Gasteiger partial charge on any atom is 0.232 e. The molecule has 130 valence electrons. The lowest BCUT2D eigenvalue weighted by atomic mass is 10.1. The summed E-state index contributed by atoms with van der Waals surface area (Å²) in [5, 5.41) is 12.6. The molecule has 0 unspecified atom stereocenters. The van der Waals surface area contributed by atoms with Crippen molar-refractivity contribution in [3.8, 4) is 6.07 Å². The van der Waals surface area contributed by atoms with Crippen LogP contribution in [0.15, 0.2) is 34.7 Å². The number of hydrogen-bond acceptors (Lipinski definition) is 5. The van der Waals surface area contributed by atoms with Gasteiger partial charge in [0.15, 0.2) is 0 Å². The van der Waals surface area contributed by atoms with Crippen molar-refractivity contribution in [3.05, 3.63) is 47.5 Å². The van der Waals surface area contributed by atoms with Crippen LogP contribution in [0.4, 0.5) is 5.88 Å². The van der Waals surface area contributed by atoms with E-state index >= 15 is 0 Å². The zero-order chi connectivity index (χ0) is 17.1. The molecule has 2 fully saturated rings. The molecule has 5 nitrogen and oxygen atoms in total. The van der Waals surface area contributed by atoms with E-state index in [-0.39, 0.29) is 0 Å². The number of nitriles is 1. The molecule has 0 amide bonds. The zero-order valence-electron chi connectivity index (χ0n) is 14.4. The summed E-state index contributed by atoms with van der Waals surface area (Å²) < 4.78 is 5.91. The molecule has 1 saturated heterocycles. The molecule has 1 N–H and O–H groups in total. The molecule has 0 radical (unpaired) electrons. The summed E-state index contributed by atoms with van der Waals surface area (Å²) in [4.78, 5) is 6.89. The quantitative estimate of drug-likeness (QED) is 0.871. The van der Waals surface area contributed by atoms with E-state index in [4.69, 9.17) is 4.42 Å². The molecule has 0 bridgehead atoms. The Labute approximate surface area is 148 Å². The van der Waals surface area contributed by atoms with Gasteiger partial charge in [-0.1, -0.05) is 36.8 Å². The van der Waals surface area contributed by atoms with Crippen molar-refractivity contribution in [2.75, 3.05) is 31.5 Å². The summed E-state index contributed by atoms with van der Waals surface area (Å²) >= 11 is 0. The van der Waals surface area contributed by atoms with Crippen LogP contribution in [0.2, 0.25) is 0 Å². The first-order valence-corrected chi connectivity index (χ1v) is 9.27. The Balaban J connectivity index is 1.36. The van der Waals surface area contributed by atoms with Crippen molar-refractivity contribution in [1.29, 1.82) is 5.26 Å². The van der Waals surface area contributed by atoms with Crippen LogP contribution in [-0.2, 0) is 0 Å². The number of nitrogens with one attached hydrogen (secondary N) is 1. The molecule has 1 aromatic carbocycles. The van der Waals surface area contributed by atoms with E-state index < -0.39 is 0 Å². The van der Waals surface area contributed by atoms with Gasteiger partial charge in [-0.25, -0.2) is 4.98 Å². The number of piperidine rings is 1. The summed E-state index contributed by atoms with van der Waals surface area (Å²) in [5.41, 5.74) is 1.70. The molecule has 2 heterocycles. The molecule has 25 heavy (non-hydrogen) atoms. The van der Waals surface area contributed by atoms with Crippen molar-refractivity contribution in [2.24, 2.45) is 0 Å². The lowest BCUT2D eigenvalue weighted by Gasteiger charge is -2.26. The fourth-order valence-corrected chi connectivity index (χ4v) is 3.74. The Morgan fingerprint density at radius 2 is 1.96 bits per heavy atom. The van der Waals surface area contributed by atoms with Gasteiger partial charge in [0.2, 0.25) is 17.5 Å². The Hall–Kier alpha value is -2.32. The smallest absolute Gasteiger partial charge is 0.232 e. The standard InChI is InChI=1S/C20H24N4O/c21-14-18-20(22-9-12-24-10-5-2-6-11-24)25-19(23-18)17-13-16(17)15-7-3-1-4-8-15/h1,3-4,7-8,16-17,22H,2,5-6,9-13H2/t16-,17+/m1/s1. The first kappa shape index (κ1) is 16.2. The van der Waals surface area contributed by atoms with Crippen LogP contribution < -0.4 is 5.32 Å². The summed E-state index contributed by atoms with van der Waals surface area (Å²) in [7, 11) is 0. The third kappa shape index (κ3) is 3.69. The third-order valence-electron chi connectivity index (χ3n) is 5.25. The van der Waals surface area contributed by atoms with Gasteiger partial charge in [0.25, 0.3) is 0 Å². The molecule has 1 aliphatic heterocycles. The average molecular weight is 336 g/mol. The maximum absolute atomic E-state index is 9.34. The highest BCUT2D eigenvalue weighted by atomic mass is 16.4. The number of aromatic nitrogens is 1. The van der Waals surface area contributed by atoms with Crippen LogP contribution >= 0.6 is 0 Å². The van der Waals surface area contributed by atoms with Gasteiger partial charge in [-0.05, 0) is 43.8 Å². The predicted molar refractivity (Wildman–Crippen MR) is 96.5 cm³/mol.